The standard InChI is InChI=1S/C15H22O2/c1-9(2)11-7-13-14(8-12(11)10(3)4)17-15(5,6)16-13/h7-10H,1-6H3. The fraction of sp³-hybridized carbons (Fsp3) is 0.600. The number of benzene rings is 1. The third-order valence-electron chi connectivity index (χ3n) is 3.10. The number of hydrogen-bond acceptors (Lipinski definition) is 2. The van der Waals surface area contributed by atoms with E-state index in [-0.39, 0.29) is 0 Å². The quantitative estimate of drug-likeness (QED) is 0.753. The minimum atomic E-state index is -0.536. The van der Waals surface area contributed by atoms with Crippen LogP contribution in [0.15, 0.2) is 12.1 Å². The Hall–Kier alpha value is -1.18. The van der Waals surface area contributed by atoms with Gasteiger partial charge in [-0.3, -0.25) is 0 Å². The highest BCUT2D eigenvalue weighted by Crippen LogP contribution is 2.43. The zero-order valence-electron chi connectivity index (χ0n) is 11.6. The van der Waals surface area contributed by atoms with Crippen LogP contribution in [0.4, 0.5) is 0 Å². The second-order valence-electron chi connectivity index (χ2n) is 5.84. The third kappa shape index (κ3) is 2.26. The maximum Gasteiger partial charge on any atom is 0.246 e. The van der Waals surface area contributed by atoms with Crippen molar-refractivity contribution in [3.05, 3.63) is 23.3 Å². The van der Waals surface area contributed by atoms with Crippen LogP contribution >= 0.6 is 0 Å². The van der Waals surface area contributed by atoms with Gasteiger partial charge >= 0.3 is 0 Å². The molecule has 0 fully saturated rings. The van der Waals surface area contributed by atoms with Crippen molar-refractivity contribution in [3.8, 4) is 11.5 Å². The van der Waals surface area contributed by atoms with Crippen molar-refractivity contribution in [3.63, 3.8) is 0 Å². The predicted octanol–water partition coefficient (Wildman–Crippen LogP) is 4.44. The number of ether oxygens (including phenoxy) is 2. The van der Waals surface area contributed by atoms with Crippen LogP contribution < -0.4 is 9.47 Å². The normalized spacial score (nSPS) is 16.9. The van der Waals surface area contributed by atoms with E-state index in [1.54, 1.807) is 0 Å². The summed E-state index contributed by atoms with van der Waals surface area (Å²) in [6.45, 7) is 12.8. The van der Waals surface area contributed by atoms with Gasteiger partial charge in [0.15, 0.2) is 11.5 Å². The molecule has 0 amide bonds. The molecule has 0 radical (unpaired) electrons. The lowest BCUT2D eigenvalue weighted by atomic mass is 9.90. The fourth-order valence-corrected chi connectivity index (χ4v) is 2.30. The van der Waals surface area contributed by atoms with Crippen molar-refractivity contribution >= 4 is 0 Å². The Morgan fingerprint density at radius 3 is 1.47 bits per heavy atom. The summed E-state index contributed by atoms with van der Waals surface area (Å²) in [4.78, 5) is 0. The molecule has 0 spiro atoms. The lowest BCUT2D eigenvalue weighted by molar-refractivity contribution is -0.0431. The van der Waals surface area contributed by atoms with Crippen LogP contribution in [0.5, 0.6) is 11.5 Å². The Kier molecular flexibility index (Phi) is 2.84. The van der Waals surface area contributed by atoms with Crippen molar-refractivity contribution in [2.24, 2.45) is 0 Å². The van der Waals surface area contributed by atoms with Gasteiger partial charge in [-0.05, 0) is 35.1 Å². The first kappa shape index (κ1) is 12.3. The summed E-state index contributed by atoms with van der Waals surface area (Å²) in [5, 5.41) is 0. The molecule has 0 saturated carbocycles. The van der Waals surface area contributed by atoms with Gasteiger partial charge in [-0.1, -0.05) is 27.7 Å². The highest BCUT2D eigenvalue weighted by Gasteiger charge is 2.33. The highest BCUT2D eigenvalue weighted by atomic mass is 16.7. The Balaban J connectivity index is 2.51. The van der Waals surface area contributed by atoms with Gasteiger partial charge in [0.1, 0.15) is 0 Å². The summed E-state index contributed by atoms with van der Waals surface area (Å²) in [6, 6.07) is 4.29. The number of fused-ring (bicyclic) bond motifs is 1. The zero-order chi connectivity index (χ0) is 12.8. The Morgan fingerprint density at radius 1 is 0.824 bits per heavy atom. The van der Waals surface area contributed by atoms with Crippen molar-refractivity contribution in [1.82, 2.24) is 0 Å². The van der Waals surface area contributed by atoms with E-state index in [4.69, 9.17) is 9.47 Å². The predicted molar refractivity (Wildman–Crippen MR) is 70.0 cm³/mol. The second-order valence-corrected chi connectivity index (χ2v) is 5.84. The van der Waals surface area contributed by atoms with E-state index < -0.39 is 5.79 Å². The molecule has 1 aromatic rings. The third-order valence-corrected chi connectivity index (χ3v) is 3.10. The fourth-order valence-electron chi connectivity index (χ4n) is 2.30. The molecule has 0 unspecified atom stereocenters. The largest absolute Gasteiger partial charge is 0.449 e. The summed E-state index contributed by atoms with van der Waals surface area (Å²) in [6.07, 6.45) is 0. The van der Waals surface area contributed by atoms with Gasteiger partial charge in [-0.25, -0.2) is 0 Å². The maximum absolute atomic E-state index is 5.80. The molecule has 0 N–H and O–H groups in total. The topological polar surface area (TPSA) is 18.5 Å². The number of rotatable bonds is 2. The first-order valence-electron chi connectivity index (χ1n) is 6.36. The molecule has 2 rings (SSSR count). The van der Waals surface area contributed by atoms with E-state index in [0.29, 0.717) is 11.8 Å². The van der Waals surface area contributed by atoms with Crippen molar-refractivity contribution in [2.75, 3.05) is 0 Å². The van der Waals surface area contributed by atoms with Crippen molar-refractivity contribution in [1.29, 1.82) is 0 Å². The summed E-state index contributed by atoms with van der Waals surface area (Å²) >= 11 is 0. The summed E-state index contributed by atoms with van der Waals surface area (Å²) in [5.41, 5.74) is 2.72. The van der Waals surface area contributed by atoms with Gasteiger partial charge in [0.05, 0.1) is 0 Å². The van der Waals surface area contributed by atoms with Gasteiger partial charge in [0.25, 0.3) is 0 Å². The smallest absolute Gasteiger partial charge is 0.246 e. The SMILES string of the molecule is CC(C)c1cc2c(cc1C(C)C)OC(C)(C)O2. The monoisotopic (exact) mass is 234 g/mol. The van der Waals surface area contributed by atoms with Crippen LogP contribution in [-0.2, 0) is 0 Å². The first-order valence-corrected chi connectivity index (χ1v) is 6.36. The van der Waals surface area contributed by atoms with Crippen molar-refractivity contribution < 1.29 is 9.47 Å². The molecule has 94 valence electrons. The molecule has 1 aromatic carbocycles. The van der Waals surface area contributed by atoms with E-state index in [2.05, 4.69) is 39.8 Å². The van der Waals surface area contributed by atoms with Crippen LogP contribution in [0, 0.1) is 0 Å². The molecular weight excluding hydrogens is 212 g/mol. The molecule has 1 heterocycles. The number of hydrogen-bond donors (Lipinski definition) is 0. The van der Waals surface area contributed by atoms with Gasteiger partial charge < -0.3 is 9.47 Å². The first-order chi connectivity index (χ1) is 7.80. The summed E-state index contributed by atoms with van der Waals surface area (Å²) < 4.78 is 11.6. The van der Waals surface area contributed by atoms with Gasteiger partial charge in [-0.2, -0.15) is 0 Å². The molecule has 0 bridgehead atoms. The summed E-state index contributed by atoms with van der Waals surface area (Å²) in [7, 11) is 0. The van der Waals surface area contributed by atoms with Gasteiger partial charge in [0, 0.05) is 13.8 Å². The molecule has 0 aromatic heterocycles. The van der Waals surface area contributed by atoms with E-state index in [9.17, 15) is 0 Å². The zero-order valence-corrected chi connectivity index (χ0v) is 11.6. The average Bonchev–Trinajstić information content (AvgIpc) is 2.48. The molecule has 2 heteroatoms. The van der Waals surface area contributed by atoms with E-state index in [0.717, 1.165) is 11.5 Å². The molecule has 1 aliphatic heterocycles. The Labute approximate surface area is 104 Å². The molecule has 0 aliphatic carbocycles. The minimum absolute atomic E-state index is 0.505. The van der Waals surface area contributed by atoms with Crippen molar-refractivity contribution in [2.45, 2.75) is 59.2 Å². The minimum Gasteiger partial charge on any atom is -0.449 e. The van der Waals surface area contributed by atoms with E-state index in [1.807, 2.05) is 13.8 Å². The average molecular weight is 234 g/mol. The Morgan fingerprint density at radius 2 is 1.18 bits per heavy atom. The Bertz CT molecular complexity index is 392. The highest BCUT2D eigenvalue weighted by molar-refractivity contribution is 5.51. The van der Waals surface area contributed by atoms with Crippen LogP contribution in [-0.4, -0.2) is 5.79 Å². The van der Waals surface area contributed by atoms with E-state index >= 15 is 0 Å². The molecule has 1 aliphatic rings. The van der Waals surface area contributed by atoms with Gasteiger partial charge in [0.2, 0.25) is 5.79 Å². The maximum atomic E-state index is 5.80. The second kappa shape index (κ2) is 3.94. The lowest BCUT2D eigenvalue weighted by Crippen LogP contribution is -2.29. The van der Waals surface area contributed by atoms with Crippen LogP contribution in [0.2, 0.25) is 0 Å². The van der Waals surface area contributed by atoms with Crippen LogP contribution in [0.3, 0.4) is 0 Å². The van der Waals surface area contributed by atoms with E-state index in [1.165, 1.54) is 11.1 Å². The summed E-state index contributed by atoms with van der Waals surface area (Å²) in [5.74, 6) is 2.23. The van der Waals surface area contributed by atoms with Crippen LogP contribution in [0.1, 0.15) is 64.5 Å². The molecule has 0 saturated heterocycles. The lowest BCUT2D eigenvalue weighted by Gasteiger charge is -2.16. The van der Waals surface area contributed by atoms with Gasteiger partial charge in [-0.15, -0.1) is 0 Å². The molecule has 0 atom stereocenters. The molecule has 2 nitrogen and oxygen atoms in total. The molecular formula is C15H22O2. The van der Waals surface area contributed by atoms with Crippen LogP contribution in [0.25, 0.3) is 0 Å². The molecule has 17 heavy (non-hydrogen) atoms.